The van der Waals surface area contributed by atoms with Crippen molar-refractivity contribution in [3.63, 3.8) is 0 Å². The summed E-state index contributed by atoms with van der Waals surface area (Å²) in [6.45, 7) is 1.54. The van der Waals surface area contributed by atoms with E-state index in [-0.39, 0.29) is 12.0 Å². The molecule has 0 aromatic heterocycles. The molecule has 1 aliphatic carbocycles. The maximum Gasteiger partial charge on any atom is 0.334 e. The molecule has 0 saturated heterocycles. The molecule has 2 unspecified atom stereocenters. The molecule has 2 atom stereocenters. The fourth-order valence-electron chi connectivity index (χ4n) is 1.61. The minimum atomic E-state index is -1.11. The van der Waals surface area contributed by atoms with Gasteiger partial charge in [0.15, 0.2) is 0 Å². The topological polar surface area (TPSA) is 83.8 Å². The number of methoxy groups -OCH3 is 1. The number of ether oxygens (including phenoxy) is 1. The monoisotopic (exact) mass is 200 g/mol. The molecule has 0 aliphatic heterocycles. The van der Waals surface area contributed by atoms with Crippen LogP contribution in [0.2, 0.25) is 0 Å². The molecule has 5 heteroatoms. The fraction of sp³-hybridized carbons (Fsp3) is 0.556. The summed E-state index contributed by atoms with van der Waals surface area (Å²) in [7, 11) is 1.19. The number of carboxylic acid groups (broad SMARTS) is 1. The summed E-state index contributed by atoms with van der Waals surface area (Å²) in [6.07, 6.45) is -0.809. The molecular weight excluding hydrogens is 188 g/mol. The second-order valence-corrected chi connectivity index (χ2v) is 3.23. The van der Waals surface area contributed by atoms with Gasteiger partial charge in [0.25, 0.3) is 0 Å². The van der Waals surface area contributed by atoms with Gasteiger partial charge in [0, 0.05) is 0 Å². The number of carbonyl (C=O) groups excluding carboxylic acids is 1. The van der Waals surface area contributed by atoms with Crippen molar-refractivity contribution in [2.45, 2.75) is 19.4 Å². The van der Waals surface area contributed by atoms with Crippen molar-refractivity contribution in [2.75, 3.05) is 7.11 Å². The fourth-order valence-corrected chi connectivity index (χ4v) is 1.61. The van der Waals surface area contributed by atoms with Crippen LogP contribution in [0.25, 0.3) is 0 Å². The lowest BCUT2D eigenvalue weighted by Gasteiger charge is -2.07. The van der Waals surface area contributed by atoms with E-state index in [4.69, 9.17) is 5.11 Å². The first-order valence-electron chi connectivity index (χ1n) is 4.18. The van der Waals surface area contributed by atoms with Crippen molar-refractivity contribution in [1.82, 2.24) is 0 Å². The highest BCUT2D eigenvalue weighted by molar-refractivity contribution is 5.96. The molecule has 0 spiro atoms. The Labute approximate surface area is 81.0 Å². The van der Waals surface area contributed by atoms with Gasteiger partial charge in [0.05, 0.1) is 24.7 Å². The molecule has 1 aliphatic rings. The normalized spacial score (nSPS) is 26.5. The third kappa shape index (κ3) is 1.63. The summed E-state index contributed by atoms with van der Waals surface area (Å²) in [5.74, 6) is -2.73. The number of aliphatic hydroxyl groups excluding tert-OH is 1. The van der Waals surface area contributed by atoms with Crippen molar-refractivity contribution in [2.24, 2.45) is 5.92 Å². The predicted molar refractivity (Wildman–Crippen MR) is 46.5 cm³/mol. The second-order valence-electron chi connectivity index (χ2n) is 3.23. The Morgan fingerprint density at radius 3 is 2.50 bits per heavy atom. The smallest absolute Gasteiger partial charge is 0.334 e. The molecule has 0 fully saturated rings. The minimum Gasteiger partial charge on any atom is -0.481 e. The predicted octanol–water partition coefficient (Wildman–Crippen LogP) is -0.0587. The van der Waals surface area contributed by atoms with Gasteiger partial charge in [-0.25, -0.2) is 4.79 Å². The Kier molecular flexibility index (Phi) is 2.90. The van der Waals surface area contributed by atoms with Crippen LogP contribution >= 0.6 is 0 Å². The largest absolute Gasteiger partial charge is 0.481 e. The van der Waals surface area contributed by atoms with Gasteiger partial charge in [-0.05, 0) is 18.9 Å². The zero-order chi connectivity index (χ0) is 10.9. The molecule has 14 heavy (non-hydrogen) atoms. The van der Waals surface area contributed by atoms with E-state index >= 15 is 0 Å². The summed E-state index contributed by atoms with van der Waals surface area (Å²) in [5.41, 5.74) is 0.469. The molecule has 1 rings (SSSR count). The SMILES string of the molecule is COC(=O)C1=C(C)C(O)CC1C(=O)O. The standard InChI is InChI=1S/C9H12O5/c1-4-6(10)3-5(8(11)12)7(4)9(13)14-2/h5-6,10H,3H2,1-2H3,(H,11,12). The van der Waals surface area contributed by atoms with Crippen LogP contribution in [0.1, 0.15) is 13.3 Å². The van der Waals surface area contributed by atoms with Crippen molar-refractivity contribution >= 4 is 11.9 Å². The van der Waals surface area contributed by atoms with Gasteiger partial charge >= 0.3 is 11.9 Å². The number of carbonyl (C=O) groups is 2. The maximum atomic E-state index is 11.2. The number of aliphatic carboxylic acids is 1. The van der Waals surface area contributed by atoms with Gasteiger partial charge < -0.3 is 14.9 Å². The molecule has 2 N–H and O–H groups in total. The van der Waals surface area contributed by atoms with E-state index in [0.717, 1.165) is 0 Å². The van der Waals surface area contributed by atoms with E-state index in [1.807, 2.05) is 0 Å². The van der Waals surface area contributed by atoms with Gasteiger partial charge in [-0.3, -0.25) is 4.79 Å². The highest BCUT2D eigenvalue weighted by Gasteiger charge is 2.39. The lowest BCUT2D eigenvalue weighted by Crippen LogP contribution is -2.20. The van der Waals surface area contributed by atoms with E-state index in [2.05, 4.69) is 4.74 Å². The Morgan fingerprint density at radius 2 is 2.07 bits per heavy atom. The zero-order valence-electron chi connectivity index (χ0n) is 7.98. The van der Waals surface area contributed by atoms with Gasteiger partial charge in [-0.15, -0.1) is 0 Å². The Hall–Kier alpha value is -1.36. The summed E-state index contributed by atoms with van der Waals surface area (Å²) in [4.78, 5) is 22.0. The summed E-state index contributed by atoms with van der Waals surface area (Å²) >= 11 is 0. The zero-order valence-corrected chi connectivity index (χ0v) is 7.98. The van der Waals surface area contributed by atoms with Crippen LogP contribution in [-0.2, 0) is 14.3 Å². The third-order valence-electron chi connectivity index (χ3n) is 2.44. The summed E-state index contributed by atoms with van der Waals surface area (Å²) < 4.78 is 4.46. The number of aliphatic hydroxyl groups is 1. The van der Waals surface area contributed by atoms with Crippen LogP contribution in [0.3, 0.4) is 0 Å². The van der Waals surface area contributed by atoms with Crippen molar-refractivity contribution < 1.29 is 24.5 Å². The molecular formula is C9H12O5. The molecule has 0 amide bonds. The molecule has 0 heterocycles. The van der Waals surface area contributed by atoms with Crippen molar-refractivity contribution in [3.8, 4) is 0 Å². The van der Waals surface area contributed by atoms with Gasteiger partial charge in [-0.2, -0.15) is 0 Å². The molecule has 0 saturated carbocycles. The van der Waals surface area contributed by atoms with Crippen molar-refractivity contribution in [3.05, 3.63) is 11.1 Å². The molecule has 0 bridgehead atoms. The van der Waals surface area contributed by atoms with Gasteiger partial charge in [-0.1, -0.05) is 0 Å². The van der Waals surface area contributed by atoms with E-state index in [0.29, 0.717) is 5.57 Å². The molecule has 5 nitrogen and oxygen atoms in total. The molecule has 0 aromatic carbocycles. The molecule has 0 aromatic rings. The van der Waals surface area contributed by atoms with E-state index in [1.54, 1.807) is 6.92 Å². The summed E-state index contributed by atoms with van der Waals surface area (Å²) in [5, 5.41) is 18.2. The first kappa shape index (κ1) is 10.7. The van der Waals surface area contributed by atoms with Crippen LogP contribution in [0.4, 0.5) is 0 Å². The van der Waals surface area contributed by atoms with Crippen LogP contribution in [0.15, 0.2) is 11.1 Å². The Balaban J connectivity index is 3.05. The van der Waals surface area contributed by atoms with Crippen LogP contribution in [0, 0.1) is 5.92 Å². The third-order valence-corrected chi connectivity index (χ3v) is 2.44. The van der Waals surface area contributed by atoms with Gasteiger partial charge in [0.1, 0.15) is 0 Å². The van der Waals surface area contributed by atoms with Crippen LogP contribution in [-0.4, -0.2) is 35.4 Å². The lowest BCUT2D eigenvalue weighted by atomic mass is 10.0. The second kappa shape index (κ2) is 3.79. The molecule has 0 radical (unpaired) electrons. The highest BCUT2D eigenvalue weighted by atomic mass is 16.5. The first-order valence-corrected chi connectivity index (χ1v) is 4.18. The minimum absolute atomic E-state index is 0.0472. The van der Waals surface area contributed by atoms with Gasteiger partial charge in [0.2, 0.25) is 0 Å². The number of esters is 1. The van der Waals surface area contributed by atoms with E-state index in [9.17, 15) is 14.7 Å². The number of hydrogen-bond donors (Lipinski definition) is 2. The van der Waals surface area contributed by atoms with Crippen LogP contribution in [0.5, 0.6) is 0 Å². The average Bonchev–Trinajstić information content (AvgIpc) is 2.43. The first-order chi connectivity index (χ1) is 6.49. The average molecular weight is 200 g/mol. The number of hydrogen-bond acceptors (Lipinski definition) is 4. The Bertz CT molecular complexity index is 304. The molecule has 78 valence electrons. The lowest BCUT2D eigenvalue weighted by molar-refractivity contribution is -0.144. The van der Waals surface area contributed by atoms with Crippen molar-refractivity contribution in [1.29, 1.82) is 0 Å². The van der Waals surface area contributed by atoms with E-state index < -0.39 is 24.0 Å². The number of rotatable bonds is 2. The summed E-state index contributed by atoms with van der Waals surface area (Å²) in [6, 6.07) is 0. The quantitative estimate of drug-likeness (QED) is 0.610. The maximum absolute atomic E-state index is 11.2. The number of carboxylic acids is 1. The highest BCUT2D eigenvalue weighted by Crippen LogP contribution is 2.32. The Morgan fingerprint density at radius 1 is 1.50 bits per heavy atom. The van der Waals surface area contributed by atoms with E-state index in [1.165, 1.54) is 7.11 Å². The van der Waals surface area contributed by atoms with Crippen LogP contribution < -0.4 is 0 Å².